The molecule has 2 aromatic rings. The molecule has 0 saturated heterocycles. The number of hydrogen-bond donors (Lipinski definition) is 1. The first-order valence-corrected chi connectivity index (χ1v) is 4.88. The summed E-state index contributed by atoms with van der Waals surface area (Å²) in [4.78, 5) is 29.5. The average Bonchev–Trinajstić information content (AvgIpc) is 2.33. The highest BCUT2D eigenvalue weighted by molar-refractivity contribution is 5.97. The Hall–Kier alpha value is -2.23. The van der Waals surface area contributed by atoms with Crippen LogP contribution in [0.5, 0.6) is 0 Å². The third kappa shape index (κ3) is 2.23. The zero-order valence-electron chi connectivity index (χ0n) is 8.51. The quantitative estimate of drug-likeness (QED) is 0.781. The van der Waals surface area contributed by atoms with Gasteiger partial charge in [-0.2, -0.15) is 0 Å². The van der Waals surface area contributed by atoms with Crippen molar-refractivity contribution in [1.82, 2.24) is 9.97 Å². The lowest BCUT2D eigenvalue weighted by molar-refractivity contribution is 0.0991. The predicted molar refractivity (Wildman–Crippen MR) is 59.3 cm³/mol. The van der Waals surface area contributed by atoms with Gasteiger partial charge in [0.05, 0.1) is 6.42 Å². The molecule has 0 radical (unpaired) electrons. The van der Waals surface area contributed by atoms with Crippen LogP contribution >= 0.6 is 0 Å². The third-order valence-electron chi connectivity index (χ3n) is 2.21. The molecule has 0 amide bonds. The lowest BCUT2D eigenvalue weighted by Crippen LogP contribution is -2.17. The molecule has 0 bridgehead atoms. The second kappa shape index (κ2) is 4.53. The molecule has 0 aliphatic carbocycles. The number of Topliss-reactive ketones (excluding diaryl/α,β-unsaturated/α-hetero) is 1. The fourth-order valence-corrected chi connectivity index (χ4v) is 1.39. The number of carbonyl (C=O) groups is 1. The van der Waals surface area contributed by atoms with Crippen LogP contribution < -0.4 is 5.56 Å². The standard InChI is InChI=1S/C12H10N2O2/c15-11(9-4-2-1-3-5-9)8-10-12(16)14-7-6-13-10/h1-7H,8H2,(H,14,16). The van der Waals surface area contributed by atoms with Crippen molar-refractivity contribution in [3.05, 3.63) is 64.3 Å². The van der Waals surface area contributed by atoms with Gasteiger partial charge >= 0.3 is 0 Å². The van der Waals surface area contributed by atoms with Gasteiger partial charge in [-0.05, 0) is 0 Å². The Morgan fingerprint density at radius 3 is 2.69 bits per heavy atom. The molecule has 0 unspecified atom stereocenters. The van der Waals surface area contributed by atoms with Crippen LogP contribution in [-0.4, -0.2) is 15.8 Å². The van der Waals surface area contributed by atoms with E-state index in [1.165, 1.54) is 12.4 Å². The molecular formula is C12H10N2O2. The molecule has 0 spiro atoms. The van der Waals surface area contributed by atoms with Crippen molar-refractivity contribution in [1.29, 1.82) is 0 Å². The topological polar surface area (TPSA) is 62.8 Å². The SMILES string of the molecule is O=C(Cc1ncc[nH]c1=O)c1ccccc1. The Labute approximate surface area is 92.0 Å². The molecule has 16 heavy (non-hydrogen) atoms. The van der Waals surface area contributed by atoms with Crippen LogP contribution in [0.1, 0.15) is 16.1 Å². The van der Waals surface area contributed by atoms with E-state index in [1.807, 2.05) is 6.07 Å². The summed E-state index contributed by atoms with van der Waals surface area (Å²) in [5, 5.41) is 0. The van der Waals surface area contributed by atoms with Crippen molar-refractivity contribution in [2.75, 3.05) is 0 Å². The Morgan fingerprint density at radius 1 is 1.25 bits per heavy atom. The summed E-state index contributed by atoms with van der Waals surface area (Å²) in [5.74, 6) is -0.107. The van der Waals surface area contributed by atoms with E-state index in [1.54, 1.807) is 24.3 Å². The summed E-state index contributed by atoms with van der Waals surface area (Å²) in [6, 6.07) is 8.86. The van der Waals surface area contributed by atoms with E-state index in [9.17, 15) is 9.59 Å². The molecule has 0 aliphatic rings. The molecule has 1 N–H and O–H groups in total. The van der Waals surface area contributed by atoms with Gasteiger partial charge in [0.2, 0.25) is 0 Å². The molecule has 1 aromatic heterocycles. The van der Waals surface area contributed by atoms with Gasteiger partial charge in [0, 0.05) is 18.0 Å². The highest BCUT2D eigenvalue weighted by Gasteiger charge is 2.09. The zero-order valence-corrected chi connectivity index (χ0v) is 8.51. The van der Waals surface area contributed by atoms with Crippen molar-refractivity contribution in [3.8, 4) is 0 Å². The van der Waals surface area contributed by atoms with Gasteiger partial charge in [-0.15, -0.1) is 0 Å². The van der Waals surface area contributed by atoms with Gasteiger partial charge in [-0.1, -0.05) is 30.3 Å². The molecule has 0 saturated carbocycles. The second-order valence-electron chi connectivity index (χ2n) is 3.33. The number of benzene rings is 1. The largest absolute Gasteiger partial charge is 0.326 e. The Kier molecular flexibility index (Phi) is 2.91. The van der Waals surface area contributed by atoms with E-state index in [0.29, 0.717) is 5.56 Å². The molecule has 4 heteroatoms. The van der Waals surface area contributed by atoms with Crippen LogP contribution in [0.2, 0.25) is 0 Å². The van der Waals surface area contributed by atoms with E-state index in [-0.39, 0.29) is 23.5 Å². The minimum absolute atomic E-state index is 0.0280. The van der Waals surface area contributed by atoms with E-state index < -0.39 is 0 Å². The fraction of sp³-hybridized carbons (Fsp3) is 0.0833. The van der Waals surface area contributed by atoms with Crippen molar-refractivity contribution in [2.45, 2.75) is 6.42 Å². The van der Waals surface area contributed by atoms with Gasteiger partial charge in [0.25, 0.3) is 5.56 Å². The first kappa shape index (κ1) is 10.3. The maximum absolute atomic E-state index is 11.8. The number of nitrogens with zero attached hydrogens (tertiary/aromatic N) is 1. The highest BCUT2D eigenvalue weighted by atomic mass is 16.1. The number of aromatic amines is 1. The van der Waals surface area contributed by atoms with Crippen LogP contribution in [0.25, 0.3) is 0 Å². The van der Waals surface area contributed by atoms with Crippen LogP contribution in [0.15, 0.2) is 47.5 Å². The molecule has 1 heterocycles. The Balaban J connectivity index is 2.21. The second-order valence-corrected chi connectivity index (χ2v) is 3.33. The Morgan fingerprint density at radius 2 is 2.00 bits per heavy atom. The number of rotatable bonds is 3. The number of ketones is 1. The van der Waals surface area contributed by atoms with Gasteiger partial charge in [-0.3, -0.25) is 14.6 Å². The molecule has 2 rings (SSSR count). The highest BCUT2D eigenvalue weighted by Crippen LogP contribution is 2.02. The van der Waals surface area contributed by atoms with E-state index in [4.69, 9.17) is 0 Å². The van der Waals surface area contributed by atoms with Gasteiger partial charge < -0.3 is 4.98 Å². The monoisotopic (exact) mass is 214 g/mol. The van der Waals surface area contributed by atoms with E-state index >= 15 is 0 Å². The molecule has 0 fully saturated rings. The van der Waals surface area contributed by atoms with E-state index in [0.717, 1.165) is 0 Å². The van der Waals surface area contributed by atoms with Crippen molar-refractivity contribution in [3.63, 3.8) is 0 Å². The van der Waals surface area contributed by atoms with Crippen molar-refractivity contribution in [2.24, 2.45) is 0 Å². The number of nitrogens with one attached hydrogen (secondary N) is 1. The van der Waals surface area contributed by atoms with E-state index in [2.05, 4.69) is 9.97 Å². The smallest absolute Gasteiger partial charge is 0.270 e. The number of hydrogen-bond acceptors (Lipinski definition) is 3. The normalized spacial score (nSPS) is 10.0. The van der Waals surface area contributed by atoms with Crippen molar-refractivity contribution >= 4 is 5.78 Å². The van der Waals surface area contributed by atoms with Crippen LogP contribution in [0.4, 0.5) is 0 Å². The number of aromatic nitrogens is 2. The van der Waals surface area contributed by atoms with Crippen molar-refractivity contribution < 1.29 is 4.79 Å². The lowest BCUT2D eigenvalue weighted by atomic mass is 10.1. The minimum Gasteiger partial charge on any atom is -0.326 e. The Bertz CT molecular complexity index is 546. The summed E-state index contributed by atoms with van der Waals surface area (Å²) < 4.78 is 0. The summed E-state index contributed by atoms with van der Waals surface area (Å²) in [5.41, 5.74) is 0.524. The molecular weight excluding hydrogens is 204 g/mol. The molecule has 0 atom stereocenters. The summed E-state index contributed by atoms with van der Waals surface area (Å²) in [7, 11) is 0. The number of H-pyrrole nitrogens is 1. The summed E-state index contributed by atoms with van der Waals surface area (Å²) >= 11 is 0. The molecule has 1 aromatic carbocycles. The molecule has 0 aliphatic heterocycles. The van der Waals surface area contributed by atoms with Crippen LogP contribution in [0.3, 0.4) is 0 Å². The summed E-state index contributed by atoms with van der Waals surface area (Å²) in [6.45, 7) is 0. The lowest BCUT2D eigenvalue weighted by Gasteiger charge is -1.99. The van der Waals surface area contributed by atoms with Gasteiger partial charge in [0.1, 0.15) is 5.69 Å². The molecule has 80 valence electrons. The zero-order chi connectivity index (χ0) is 11.4. The van der Waals surface area contributed by atoms with Crippen LogP contribution in [-0.2, 0) is 6.42 Å². The predicted octanol–water partition coefficient (Wildman–Crippen LogP) is 1.20. The van der Waals surface area contributed by atoms with Gasteiger partial charge in [-0.25, -0.2) is 0 Å². The fourth-order valence-electron chi connectivity index (χ4n) is 1.39. The first-order valence-electron chi connectivity index (χ1n) is 4.88. The number of carbonyl (C=O) groups excluding carboxylic acids is 1. The first-order chi connectivity index (χ1) is 7.77. The van der Waals surface area contributed by atoms with Crippen LogP contribution in [0, 0.1) is 0 Å². The molecule has 4 nitrogen and oxygen atoms in total. The van der Waals surface area contributed by atoms with Gasteiger partial charge in [0.15, 0.2) is 5.78 Å². The average molecular weight is 214 g/mol. The minimum atomic E-state index is -0.313. The third-order valence-corrected chi connectivity index (χ3v) is 2.21. The maximum Gasteiger partial charge on any atom is 0.270 e. The summed E-state index contributed by atoms with van der Waals surface area (Å²) in [6.07, 6.45) is 2.94. The maximum atomic E-state index is 11.8.